The molecular weight excluding hydrogens is 476 g/mol. The van der Waals surface area contributed by atoms with Crippen molar-refractivity contribution in [2.24, 2.45) is 4.99 Å². The summed E-state index contributed by atoms with van der Waals surface area (Å²) in [5, 5.41) is 3.05. The Kier molecular flexibility index (Phi) is 10.2. The number of aromatic nitrogens is 2. The molecule has 3 heterocycles. The molecule has 0 aliphatic carbocycles. The molecule has 0 radical (unpaired) electrons. The van der Waals surface area contributed by atoms with E-state index in [2.05, 4.69) is 26.7 Å². The molecule has 8 heteroatoms. The van der Waals surface area contributed by atoms with Gasteiger partial charge in [0, 0.05) is 48.7 Å². The molecule has 202 valence electrons. The van der Waals surface area contributed by atoms with Crippen LogP contribution in [-0.2, 0) is 11.2 Å². The first-order chi connectivity index (χ1) is 18.5. The van der Waals surface area contributed by atoms with E-state index < -0.39 is 0 Å². The van der Waals surface area contributed by atoms with Crippen LogP contribution in [0, 0.1) is 0 Å². The summed E-state index contributed by atoms with van der Waals surface area (Å²) >= 11 is 0. The standard InChI is InChI=1S/C30H40N6O2/c1-4-27-26(13-5-9-23-10-7-14-31-22-23)28(34-30(33-27)36-17-19-38-20-18-36)24-11-6-12-25(21-24)29(37)32-15-8-16-35(2)3/h4,6,11-12,14,21-22H,1,5,7-10,13,15-20H2,2-3H3,(H,32,37). The summed E-state index contributed by atoms with van der Waals surface area (Å²) < 4.78 is 5.54. The second-order valence-electron chi connectivity index (χ2n) is 10.0. The smallest absolute Gasteiger partial charge is 0.251 e. The van der Waals surface area contributed by atoms with Crippen LogP contribution in [0.25, 0.3) is 17.3 Å². The van der Waals surface area contributed by atoms with E-state index in [1.165, 1.54) is 5.57 Å². The van der Waals surface area contributed by atoms with Gasteiger partial charge in [0.25, 0.3) is 5.91 Å². The Labute approximate surface area is 226 Å². The van der Waals surface area contributed by atoms with Crippen LogP contribution in [0.5, 0.6) is 0 Å². The molecule has 2 aromatic rings. The average Bonchev–Trinajstić information content (AvgIpc) is 2.96. The molecule has 1 fully saturated rings. The van der Waals surface area contributed by atoms with Gasteiger partial charge in [-0.05, 0) is 77.4 Å². The van der Waals surface area contributed by atoms with Crippen LogP contribution in [0.3, 0.4) is 0 Å². The number of anilines is 1. The van der Waals surface area contributed by atoms with Gasteiger partial charge in [0.15, 0.2) is 0 Å². The molecule has 0 saturated carbocycles. The number of allylic oxidation sites excluding steroid dienone is 1. The molecule has 1 N–H and O–H groups in total. The van der Waals surface area contributed by atoms with E-state index in [0.29, 0.717) is 31.3 Å². The number of morpholine rings is 1. The van der Waals surface area contributed by atoms with Gasteiger partial charge in [0.2, 0.25) is 5.95 Å². The summed E-state index contributed by atoms with van der Waals surface area (Å²) in [5.41, 5.74) is 5.73. The quantitative estimate of drug-likeness (QED) is 0.422. The number of nitrogens with zero attached hydrogens (tertiary/aromatic N) is 5. The molecule has 8 nitrogen and oxygen atoms in total. The summed E-state index contributed by atoms with van der Waals surface area (Å²) in [5.74, 6) is 0.619. The predicted octanol–water partition coefficient (Wildman–Crippen LogP) is 4.38. The number of benzene rings is 1. The highest BCUT2D eigenvalue weighted by Crippen LogP contribution is 2.30. The van der Waals surface area contributed by atoms with E-state index in [4.69, 9.17) is 14.7 Å². The minimum atomic E-state index is -0.0663. The van der Waals surface area contributed by atoms with Gasteiger partial charge in [-0.2, -0.15) is 0 Å². The Morgan fingerprint density at radius 2 is 2.03 bits per heavy atom. The van der Waals surface area contributed by atoms with Crippen molar-refractivity contribution in [1.82, 2.24) is 20.2 Å². The van der Waals surface area contributed by atoms with Gasteiger partial charge in [-0.15, -0.1) is 0 Å². The number of rotatable bonds is 12. The van der Waals surface area contributed by atoms with Gasteiger partial charge in [-0.1, -0.05) is 24.3 Å². The number of ether oxygens (including phenoxy) is 1. The first-order valence-electron chi connectivity index (χ1n) is 13.6. The highest BCUT2D eigenvalue weighted by atomic mass is 16.5. The highest BCUT2D eigenvalue weighted by Gasteiger charge is 2.20. The number of nitrogens with one attached hydrogen (secondary N) is 1. The largest absolute Gasteiger partial charge is 0.378 e. The van der Waals surface area contributed by atoms with Crippen LogP contribution in [0.15, 0.2) is 47.6 Å². The molecule has 0 atom stereocenters. The molecule has 2 aliphatic rings. The SMILES string of the molecule is C=Cc1nc(N2CCOCC2)nc(-c2cccc(C(=O)NCCCN(C)C)c2)c1CCCC1=CN=CCC1. The predicted molar refractivity (Wildman–Crippen MR) is 155 cm³/mol. The number of carbonyl (C=O) groups is 1. The Morgan fingerprint density at radius 1 is 1.18 bits per heavy atom. The second-order valence-corrected chi connectivity index (χ2v) is 10.0. The Morgan fingerprint density at radius 3 is 2.76 bits per heavy atom. The lowest BCUT2D eigenvalue weighted by atomic mass is 9.96. The second kappa shape index (κ2) is 14.0. The van der Waals surface area contributed by atoms with Crippen molar-refractivity contribution in [2.45, 2.75) is 38.5 Å². The average molecular weight is 517 g/mol. The third-order valence-corrected chi connectivity index (χ3v) is 6.86. The third kappa shape index (κ3) is 7.58. The lowest BCUT2D eigenvalue weighted by Crippen LogP contribution is -2.37. The van der Waals surface area contributed by atoms with Crippen LogP contribution in [0.2, 0.25) is 0 Å². The minimum absolute atomic E-state index is 0.0663. The fourth-order valence-corrected chi connectivity index (χ4v) is 4.78. The zero-order valence-corrected chi connectivity index (χ0v) is 22.8. The minimum Gasteiger partial charge on any atom is -0.378 e. The molecule has 4 rings (SSSR count). The summed E-state index contributed by atoms with van der Waals surface area (Å²) in [4.78, 5) is 31.5. The topological polar surface area (TPSA) is 82.9 Å². The van der Waals surface area contributed by atoms with Gasteiger partial charge in [0.05, 0.1) is 24.6 Å². The van der Waals surface area contributed by atoms with Crippen molar-refractivity contribution in [3.63, 3.8) is 0 Å². The number of hydrogen-bond acceptors (Lipinski definition) is 7. The van der Waals surface area contributed by atoms with Crippen molar-refractivity contribution in [3.05, 3.63) is 59.4 Å². The lowest BCUT2D eigenvalue weighted by Gasteiger charge is -2.28. The van der Waals surface area contributed by atoms with Gasteiger partial charge in [-0.25, -0.2) is 9.97 Å². The number of hydrogen-bond donors (Lipinski definition) is 1. The van der Waals surface area contributed by atoms with E-state index in [1.807, 2.05) is 56.9 Å². The lowest BCUT2D eigenvalue weighted by molar-refractivity contribution is 0.0952. The highest BCUT2D eigenvalue weighted by molar-refractivity contribution is 5.95. The van der Waals surface area contributed by atoms with Crippen molar-refractivity contribution in [3.8, 4) is 11.3 Å². The molecule has 1 saturated heterocycles. The maximum absolute atomic E-state index is 12.9. The van der Waals surface area contributed by atoms with E-state index in [0.717, 1.165) is 80.7 Å². The summed E-state index contributed by atoms with van der Waals surface area (Å²) in [6.07, 6.45) is 11.6. The number of aliphatic imine (C=N–C) groups is 1. The molecule has 38 heavy (non-hydrogen) atoms. The van der Waals surface area contributed by atoms with E-state index in [9.17, 15) is 4.79 Å². The maximum atomic E-state index is 12.9. The molecule has 0 unspecified atom stereocenters. The summed E-state index contributed by atoms with van der Waals surface area (Å²) in [7, 11) is 4.07. The Bertz CT molecular complexity index is 1170. The molecule has 0 spiro atoms. The Hall–Kier alpha value is -3.36. The Balaban J connectivity index is 1.62. The van der Waals surface area contributed by atoms with Crippen molar-refractivity contribution in [2.75, 3.05) is 58.4 Å². The molecule has 1 amide bonds. The van der Waals surface area contributed by atoms with Crippen molar-refractivity contribution < 1.29 is 9.53 Å². The van der Waals surface area contributed by atoms with E-state index in [1.54, 1.807) is 0 Å². The normalized spacial score (nSPS) is 15.4. The molecular formula is C30H40N6O2. The number of amides is 1. The van der Waals surface area contributed by atoms with Crippen LogP contribution in [-0.4, -0.2) is 80.5 Å². The number of carbonyl (C=O) groups excluding carboxylic acids is 1. The first-order valence-corrected chi connectivity index (χ1v) is 13.6. The van der Waals surface area contributed by atoms with E-state index in [-0.39, 0.29) is 5.91 Å². The maximum Gasteiger partial charge on any atom is 0.251 e. The third-order valence-electron chi connectivity index (χ3n) is 6.86. The van der Waals surface area contributed by atoms with Crippen molar-refractivity contribution >= 4 is 24.1 Å². The fraction of sp³-hybridized carbons (Fsp3) is 0.467. The van der Waals surface area contributed by atoms with E-state index >= 15 is 0 Å². The van der Waals surface area contributed by atoms with Gasteiger partial charge >= 0.3 is 0 Å². The van der Waals surface area contributed by atoms with Gasteiger partial charge in [-0.3, -0.25) is 9.79 Å². The van der Waals surface area contributed by atoms with Gasteiger partial charge in [0.1, 0.15) is 0 Å². The van der Waals surface area contributed by atoms with Crippen LogP contribution < -0.4 is 10.2 Å². The van der Waals surface area contributed by atoms with Crippen molar-refractivity contribution in [1.29, 1.82) is 0 Å². The summed E-state index contributed by atoms with van der Waals surface area (Å²) in [6.45, 7) is 8.47. The summed E-state index contributed by atoms with van der Waals surface area (Å²) in [6, 6.07) is 7.77. The van der Waals surface area contributed by atoms with Crippen LogP contribution in [0.1, 0.15) is 53.7 Å². The molecule has 1 aromatic carbocycles. The molecule has 1 aromatic heterocycles. The van der Waals surface area contributed by atoms with Gasteiger partial charge < -0.3 is 19.9 Å². The fourth-order valence-electron chi connectivity index (χ4n) is 4.78. The molecule has 0 bridgehead atoms. The first kappa shape index (κ1) is 27.7. The zero-order valence-electron chi connectivity index (χ0n) is 22.8. The van der Waals surface area contributed by atoms with Crippen LogP contribution in [0.4, 0.5) is 5.95 Å². The monoisotopic (exact) mass is 516 g/mol. The molecule has 2 aliphatic heterocycles. The zero-order chi connectivity index (χ0) is 26.7. The van der Waals surface area contributed by atoms with Crippen LogP contribution >= 0.6 is 0 Å².